The number of rotatable bonds is 4. The summed E-state index contributed by atoms with van der Waals surface area (Å²) in [6.07, 6.45) is 6.09. The second-order valence-corrected chi connectivity index (χ2v) is 5.68. The van der Waals surface area contributed by atoms with Crippen LogP contribution in [0.3, 0.4) is 0 Å². The van der Waals surface area contributed by atoms with E-state index >= 15 is 0 Å². The molecule has 1 aliphatic carbocycles. The molecule has 0 bridgehead atoms. The van der Waals surface area contributed by atoms with Gasteiger partial charge in [0, 0.05) is 4.88 Å². The van der Waals surface area contributed by atoms with Gasteiger partial charge in [0.05, 0.1) is 11.7 Å². The summed E-state index contributed by atoms with van der Waals surface area (Å²) < 4.78 is 0. The number of nitrogens with two attached hydrogens (primary N) is 1. The lowest BCUT2D eigenvalue weighted by molar-refractivity contribution is 0.432. The maximum Gasteiger partial charge on any atom is 0.110 e. The predicted molar refractivity (Wildman–Crippen MR) is 65.1 cm³/mol. The van der Waals surface area contributed by atoms with E-state index in [4.69, 9.17) is 5.73 Å². The topological polar surface area (TPSA) is 38.9 Å². The van der Waals surface area contributed by atoms with Crippen LogP contribution in [0.25, 0.3) is 0 Å². The minimum absolute atomic E-state index is 0.153. The summed E-state index contributed by atoms with van der Waals surface area (Å²) in [5.74, 6) is 0.557. The fourth-order valence-electron chi connectivity index (χ4n) is 2.23. The Morgan fingerprint density at radius 1 is 1.47 bits per heavy atom. The first-order valence-electron chi connectivity index (χ1n) is 5.96. The van der Waals surface area contributed by atoms with Crippen LogP contribution in [-0.4, -0.2) is 4.98 Å². The van der Waals surface area contributed by atoms with Crippen LogP contribution in [0.1, 0.15) is 54.7 Å². The zero-order valence-corrected chi connectivity index (χ0v) is 10.4. The average Bonchev–Trinajstić information content (AvgIpc) is 2.75. The van der Waals surface area contributed by atoms with E-state index in [0.717, 1.165) is 0 Å². The summed E-state index contributed by atoms with van der Waals surface area (Å²) in [5, 5.41) is 1.17. The maximum absolute atomic E-state index is 6.23. The standard InChI is InChI=1S/C12H20N2S/c1-3-5-8(2)11(13)12-14-9-6-4-7-10(9)15-12/h8,11H,3-7,13H2,1-2H3. The van der Waals surface area contributed by atoms with Crippen LogP contribution in [0.2, 0.25) is 0 Å². The smallest absolute Gasteiger partial charge is 0.110 e. The minimum Gasteiger partial charge on any atom is -0.322 e. The van der Waals surface area contributed by atoms with Gasteiger partial charge in [0.25, 0.3) is 0 Å². The Kier molecular flexibility index (Phi) is 3.42. The van der Waals surface area contributed by atoms with Gasteiger partial charge < -0.3 is 5.73 Å². The summed E-state index contributed by atoms with van der Waals surface area (Å²) in [5.41, 5.74) is 7.56. The van der Waals surface area contributed by atoms with Crippen LogP contribution in [-0.2, 0) is 12.8 Å². The third-order valence-electron chi connectivity index (χ3n) is 3.25. The second-order valence-electron chi connectivity index (χ2n) is 4.57. The second kappa shape index (κ2) is 4.62. The van der Waals surface area contributed by atoms with Gasteiger partial charge in [0.2, 0.25) is 0 Å². The molecule has 0 amide bonds. The van der Waals surface area contributed by atoms with Gasteiger partial charge in [-0.2, -0.15) is 0 Å². The van der Waals surface area contributed by atoms with E-state index in [1.165, 1.54) is 47.7 Å². The molecule has 1 heterocycles. The van der Waals surface area contributed by atoms with Crippen molar-refractivity contribution < 1.29 is 0 Å². The van der Waals surface area contributed by atoms with Gasteiger partial charge >= 0.3 is 0 Å². The number of aryl methyl sites for hydroxylation is 2. The molecular weight excluding hydrogens is 204 g/mol. The lowest BCUT2D eigenvalue weighted by Crippen LogP contribution is -2.18. The van der Waals surface area contributed by atoms with E-state index in [9.17, 15) is 0 Å². The molecular formula is C12H20N2S. The van der Waals surface area contributed by atoms with E-state index in [2.05, 4.69) is 18.8 Å². The number of aromatic nitrogens is 1. The van der Waals surface area contributed by atoms with Crippen LogP contribution >= 0.6 is 11.3 Å². The Morgan fingerprint density at radius 2 is 2.27 bits per heavy atom. The molecule has 0 aromatic carbocycles. The van der Waals surface area contributed by atoms with Crippen molar-refractivity contribution in [2.45, 2.75) is 52.0 Å². The van der Waals surface area contributed by atoms with Gasteiger partial charge in [-0.15, -0.1) is 11.3 Å². The van der Waals surface area contributed by atoms with E-state index in [1.54, 1.807) is 0 Å². The third-order valence-corrected chi connectivity index (χ3v) is 4.51. The number of nitrogens with zero attached hydrogens (tertiary/aromatic N) is 1. The fraction of sp³-hybridized carbons (Fsp3) is 0.750. The van der Waals surface area contributed by atoms with Crippen molar-refractivity contribution in [1.82, 2.24) is 4.98 Å². The Balaban J connectivity index is 2.08. The van der Waals surface area contributed by atoms with Crippen LogP contribution in [0.4, 0.5) is 0 Å². The number of hydrogen-bond donors (Lipinski definition) is 1. The molecule has 2 atom stereocenters. The quantitative estimate of drug-likeness (QED) is 0.853. The van der Waals surface area contributed by atoms with Crippen molar-refractivity contribution >= 4 is 11.3 Å². The molecule has 0 fully saturated rings. The van der Waals surface area contributed by atoms with Crippen molar-refractivity contribution in [1.29, 1.82) is 0 Å². The summed E-state index contributed by atoms with van der Waals surface area (Å²) in [6.45, 7) is 4.45. The Bertz CT molecular complexity index is 311. The highest BCUT2D eigenvalue weighted by molar-refractivity contribution is 7.11. The summed E-state index contributed by atoms with van der Waals surface area (Å²) in [6, 6.07) is 0.153. The normalized spacial score (nSPS) is 18.9. The molecule has 1 aliphatic rings. The van der Waals surface area contributed by atoms with Crippen LogP contribution in [0.5, 0.6) is 0 Å². The zero-order valence-electron chi connectivity index (χ0n) is 9.62. The minimum atomic E-state index is 0.153. The van der Waals surface area contributed by atoms with Crippen molar-refractivity contribution in [3.05, 3.63) is 15.6 Å². The molecule has 1 aromatic rings. The maximum atomic E-state index is 6.23. The predicted octanol–water partition coefficient (Wildman–Crippen LogP) is 3.07. The summed E-state index contributed by atoms with van der Waals surface area (Å²) in [4.78, 5) is 6.18. The lowest BCUT2D eigenvalue weighted by Gasteiger charge is -2.16. The van der Waals surface area contributed by atoms with Gasteiger partial charge in [-0.25, -0.2) is 4.98 Å². The largest absolute Gasteiger partial charge is 0.322 e. The van der Waals surface area contributed by atoms with E-state index in [0.29, 0.717) is 5.92 Å². The molecule has 15 heavy (non-hydrogen) atoms. The first-order valence-corrected chi connectivity index (χ1v) is 6.78. The highest BCUT2D eigenvalue weighted by Gasteiger charge is 2.22. The molecule has 2 N–H and O–H groups in total. The highest BCUT2D eigenvalue weighted by atomic mass is 32.1. The fourth-order valence-corrected chi connectivity index (χ4v) is 3.52. The molecule has 0 spiro atoms. The molecule has 3 heteroatoms. The molecule has 0 radical (unpaired) electrons. The first kappa shape index (κ1) is 11.1. The molecule has 84 valence electrons. The highest BCUT2D eigenvalue weighted by Crippen LogP contribution is 2.33. The molecule has 0 aliphatic heterocycles. The van der Waals surface area contributed by atoms with Crippen LogP contribution in [0.15, 0.2) is 0 Å². The van der Waals surface area contributed by atoms with Gasteiger partial charge in [-0.3, -0.25) is 0 Å². The Morgan fingerprint density at radius 3 is 2.93 bits per heavy atom. The number of fused-ring (bicyclic) bond motifs is 1. The van der Waals surface area contributed by atoms with Crippen LogP contribution < -0.4 is 5.73 Å². The summed E-state index contributed by atoms with van der Waals surface area (Å²) >= 11 is 1.85. The van der Waals surface area contributed by atoms with Gasteiger partial charge in [-0.05, 0) is 31.6 Å². The molecule has 1 aromatic heterocycles. The van der Waals surface area contributed by atoms with E-state index in [-0.39, 0.29) is 6.04 Å². The SMILES string of the molecule is CCCC(C)C(N)c1nc2c(s1)CCC2. The zero-order chi connectivity index (χ0) is 10.8. The summed E-state index contributed by atoms with van der Waals surface area (Å²) in [7, 11) is 0. The van der Waals surface area contributed by atoms with Crippen molar-refractivity contribution in [3.8, 4) is 0 Å². The van der Waals surface area contributed by atoms with Gasteiger partial charge in [0.15, 0.2) is 0 Å². The van der Waals surface area contributed by atoms with Crippen molar-refractivity contribution in [2.24, 2.45) is 11.7 Å². The monoisotopic (exact) mass is 224 g/mol. The molecule has 0 saturated carbocycles. The van der Waals surface area contributed by atoms with Crippen molar-refractivity contribution in [2.75, 3.05) is 0 Å². The molecule has 2 nitrogen and oxygen atoms in total. The van der Waals surface area contributed by atoms with E-state index in [1.807, 2.05) is 11.3 Å². The molecule has 0 saturated heterocycles. The Labute approximate surface area is 95.9 Å². The number of hydrogen-bond acceptors (Lipinski definition) is 3. The lowest BCUT2D eigenvalue weighted by atomic mass is 9.98. The number of thiazole rings is 1. The van der Waals surface area contributed by atoms with Gasteiger partial charge in [0.1, 0.15) is 5.01 Å². The van der Waals surface area contributed by atoms with Gasteiger partial charge in [-0.1, -0.05) is 20.3 Å². The molecule has 2 unspecified atom stereocenters. The molecule has 2 rings (SSSR count). The average molecular weight is 224 g/mol. The van der Waals surface area contributed by atoms with Crippen molar-refractivity contribution in [3.63, 3.8) is 0 Å². The third kappa shape index (κ3) is 2.23. The Hall–Kier alpha value is -0.410. The van der Waals surface area contributed by atoms with E-state index < -0.39 is 0 Å². The first-order chi connectivity index (χ1) is 7.22. The van der Waals surface area contributed by atoms with Crippen LogP contribution in [0, 0.1) is 5.92 Å².